The molecule has 1 aromatic rings. The monoisotopic (exact) mass is 314 g/mol. The van der Waals surface area contributed by atoms with E-state index in [-0.39, 0.29) is 22.8 Å². The average molecular weight is 314 g/mol. The lowest BCUT2D eigenvalue weighted by atomic mass is 10.2. The van der Waals surface area contributed by atoms with Crippen LogP contribution in [-0.2, 0) is 14.6 Å². The van der Waals surface area contributed by atoms with Crippen molar-refractivity contribution in [2.24, 2.45) is 0 Å². The molecule has 0 bridgehead atoms. The van der Waals surface area contributed by atoms with Crippen LogP contribution in [0.2, 0.25) is 0 Å². The second kappa shape index (κ2) is 5.61. The first-order valence-corrected chi connectivity index (χ1v) is 8.46. The van der Waals surface area contributed by atoms with Gasteiger partial charge in [0.2, 0.25) is 0 Å². The number of hydrogen-bond donors (Lipinski definition) is 0. The Balaban J connectivity index is 2.46. The number of nitro groups is 1. The highest BCUT2D eigenvalue weighted by Gasteiger charge is 2.28. The average Bonchev–Trinajstić information content (AvgIpc) is 2.35. The van der Waals surface area contributed by atoms with Crippen molar-refractivity contribution in [1.82, 2.24) is 0 Å². The molecule has 8 heteroatoms. The minimum absolute atomic E-state index is 0.0389. The standard InChI is InChI=1S/C13H18N2O5S/c1-9-7-14(8-10(2)20-9)12-5-4-11(21(3,18)19)6-13(12)15(16)17/h4-6,9-10H,7-8H2,1-3H3/t9-,10+. The van der Waals surface area contributed by atoms with Gasteiger partial charge in [0.15, 0.2) is 9.84 Å². The third-order valence-electron chi connectivity index (χ3n) is 3.33. The molecule has 2 atom stereocenters. The zero-order valence-corrected chi connectivity index (χ0v) is 13.0. The van der Waals surface area contributed by atoms with E-state index in [1.54, 1.807) is 0 Å². The second-order valence-electron chi connectivity index (χ2n) is 5.34. The number of anilines is 1. The van der Waals surface area contributed by atoms with Gasteiger partial charge in [0, 0.05) is 25.4 Å². The van der Waals surface area contributed by atoms with Crippen molar-refractivity contribution in [2.45, 2.75) is 31.0 Å². The van der Waals surface area contributed by atoms with Gasteiger partial charge in [0.05, 0.1) is 22.0 Å². The van der Waals surface area contributed by atoms with E-state index in [2.05, 4.69) is 0 Å². The quantitative estimate of drug-likeness (QED) is 0.622. The van der Waals surface area contributed by atoms with E-state index >= 15 is 0 Å². The molecular formula is C13H18N2O5S. The van der Waals surface area contributed by atoms with Gasteiger partial charge in [-0.25, -0.2) is 8.42 Å². The summed E-state index contributed by atoms with van der Waals surface area (Å²) in [6, 6.07) is 4.03. The Hall–Kier alpha value is -1.67. The van der Waals surface area contributed by atoms with Crippen LogP contribution in [0.25, 0.3) is 0 Å². The molecule has 0 aliphatic carbocycles. The summed E-state index contributed by atoms with van der Waals surface area (Å²) < 4.78 is 28.7. The molecule has 0 spiro atoms. The van der Waals surface area contributed by atoms with Crippen molar-refractivity contribution < 1.29 is 18.1 Å². The van der Waals surface area contributed by atoms with Crippen LogP contribution in [0.15, 0.2) is 23.1 Å². The predicted octanol–water partition coefficient (Wildman–Crippen LogP) is 1.61. The van der Waals surface area contributed by atoms with Crippen molar-refractivity contribution in [2.75, 3.05) is 24.2 Å². The highest BCUT2D eigenvalue weighted by Crippen LogP contribution is 2.32. The fraction of sp³-hybridized carbons (Fsp3) is 0.538. The van der Waals surface area contributed by atoms with Crippen LogP contribution in [0.3, 0.4) is 0 Å². The molecule has 0 aromatic heterocycles. The van der Waals surface area contributed by atoms with Crippen LogP contribution >= 0.6 is 0 Å². The minimum atomic E-state index is -3.48. The zero-order chi connectivity index (χ0) is 15.8. The van der Waals surface area contributed by atoms with Gasteiger partial charge in [-0.05, 0) is 26.0 Å². The molecular weight excluding hydrogens is 296 g/mol. The molecule has 7 nitrogen and oxygen atoms in total. The summed E-state index contributed by atoms with van der Waals surface area (Å²) in [5, 5.41) is 11.3. The lowest BCUT2D eigenvalue weighted by Crippen LogP contribution is -2.45. The maximum absolute atomic E-state index is 11.5. The summed E-state index contributed by atoms with van der Waals surface area (Å²) >= 11 is 0. The maximum Gasteiger partial charge on any atom is 0.293 e. The Morgan fingerprint density at radius 1 is 1.29 bits per heavy atom. The van der Waals surface area contributed by atoms with E-state index < -0.39 is 14.8 Å². The van der Waals surface area contributed by atoms with Gasteiger partial charge in [-0.2, -0.15) is 0 Å². The summed E-state index contributed by atoms with van der Waals surface area (Å²) in [6.07, 6.45) is 0.954. The van der Waals surface area contributed by atoms with E-state index in [0.717, 1.165) is 12.3 Å². The first-order valence-electron chi connectivity index (χ1n) is 6.57. The molecule has 0 unspecified atom stereocenters. The predicted molar refractivity (Wildman–Crippen MR) is 78.4 cm³/mol. The van der Waals surface area contributed by atoms with Crippen LogP contribution in [0.5, 0.6) is 0 Å². The van der Waals surface area contributed by atoms with Crippen LogP contribution in [0.1, 0.15) is 13.8 Å². The van der Waals surface area contributed by atoms with Crippen molar-refractivity contribution >= 4 is 21.2 Å². The van der Waals surface area contributed by atoms with Crippen LogP contribution in [0, 0.1) is 10.1 Å². The van der Waals surface area contributed by atoms with Gasteiger partial charge >= 0.3 is 0 Å². The van der Waals surface area contributed by atoms with E-state index in [9.17, 15) is 18.5 Å². The van der Waals surface area contributed by atoms with Crippen LogP contribution in [-0.4, -0.2) is 44.9 Å². The molecule has 21 heavy (non-hydrogen) atoms. The fourth-order valence-electron chi connectivity index (χ4n) is 2.52. The van der Waals surface area contributed by atoms with Crippen LogP contribution < -0.4 is 4.90 Å². The smallest absolute Gasteiger partial charge is 0.293 e. The summed E-state index contributed by atoms with van der Waals surface area (Å²) in [6.45, 7) is 4.87. The number of sulfone groups is 1. The highest BCUT2D eigenvalue weighted by atomic mass is 32.2. The van der Waals surface area contributed by atoms with Crippen LogP contribution in [0.4, 0.5) is 11.4 Å². The Morgan fingerprint density at radius 3 is 2.33 bits per heavy atom. The molecule has 2 rings (SSSR count). The molecule has 0 radical (unpaired) electrons. The van der Waals surface area contributed by atoms with Gasteiger partial charge in [-0.15, -0.1) is 0 Å². The number of hydrogen-bond acceptors (Lipinski definition) is 6. The number of nitrogens with zero attached hydrogens (tertiary/aromatic N) is 2. The van der Waals surface area contributed by atoms with Crippen molar-refractivity contribution in [1.29, 1.82) is 0 Å². The third-order valence-corrected chi connectivity index (χ3v) is 4.44. The topological polar surface area (TPSA) is 89.8 Å². The molecule has 1 aliphatic heterocycles. The van der Waals surface area contributed by atoms with E-state index in [1.165, 1.54) is 12.1 Å². The molecule has 1 aliphatic rings. The number of ether oxygens (including phenoxy) is 1. The lowest BCUT2D eigenvalue weighted by molar-refractivity contribution is -0.384. The molecule has 0 saturated carbocycles. The first-order chi connectivity index (χ1) is 9.68. The van der Waals surface area contributed by atoms with Crippen molar-refractivity contribution in [3.63, 3.8) is 0 Å². The summed E-state index contributed by atoms with van der Waals surface area (Å²) in [4.78, 5) is 12.5. The Bertz CT molecular complexity index is 649. The normalized spacial score (nSPS) is 23.1. The molecule has 1 aromatic carbocycles. The molecule has 116 valence electrons. The van der Waals surface area contributed by atoms with Crippen molar-refractivity contribution in [3.8, 4) is 0 Å². The Morgan fingerprint density at radius 2 is 1.86 bits per heavy atom. The molecule has 1 saturated heterocycles. The SMILES string of the molecule is C[C@@H]1CN(c2ccc(S(C)(=O)=O)cc2[N+](=O)[O-])C[C@H](C)O1. The van der Waals surface area contributed by atoms with Gasteiger partial charge in [0.1, 0.15) is 5.69 Å². The Labute approximate surface area is 123 Å². The first kappa shape index (κ1) is 15.7. The zero-order valence-electron chi connectivity index (χ0n) is 12.1. The summed E-state index contributed by atoms with van der Waals surface area (Å²) in [7, 11) is -3.48. The van der Waals surface area contributed by atoms with Gasteiger partial charge in [-0.3, -0.25) is 10.1 Å². The van der Waals surface area contributed by atoms with Gasteiger partial charge in [0.25, 0.3) is 5.69 Å². The lowest BCUT2D eigenvalue weighted by Gasteiger charge is -2.36. The minimum Gasteiger partial charge on any atom is -0.372 e. The molecule has 1 fully saturated rings. The molecule has 0 N–H and O–H groups in total. The summed E-state index contributed by atoms with van der Waals surface area (Å²) in [5.41, 5.74) is 0.230. The second-order valence-corrected chi connectivity index (χ2v) is 7.36. The summed E-state index contributed by atoms with van der Waals surface area (Å²) in [5.74, 6) is 0. The molecule has 1 heterocycles. The number of morpholine rings is 1. The van der Waals surface area contributed by atoms with Crippen molar-refractivity contribution in [3.05, 3.63) is 28.3 Å². The third kappa shape index (κ3) is 3.51. The van der Waals surface area contributed by atoms with Gasteiger partial charge < -0.3 is 9.64 Å². The number of rotatable bonds is 3. The van der Waals surface area contributed by atoms with E-state index in [4.69, 9.17) is 4.74 Å². The fourth-order valence-corrected chi connectivity index (χ4v) is 3.16. The highest BCUT2D eigenvalue weighted by molar-refractivity contribution is 7.90. The number of benzene rings is 1. The Kier molecular flexibility index (Phi) is 4.20. The van der Waals surface area contributed by atoms with E-state index in [1.807, 2.05) is 18.7 Å². The number of nitro benzene ring substituents is 1. The van der Waals surface area contributed by atoms with Gasteiger partial charge in [-0.1, -0.05) is 0 Å². The largest absolute Gasteiger partial charge is 0.372 e. The van der Waals surface area contributed by atoms with E-state index in [0.29, 0.717) is 18.8 Å². The molecule has 0 amide bonds. The maximum atomic E-state index is 11.5.